The molecule has 0 saturated heterocycles. The minimum absolute atomic E-state index is 0.0449. The third-order valence-corrected chi connectivity index (χ3v) is 2.57. The van der Waals surface area contributed by atoms with Crippen molar-refractivity contribution in [2.75, 3.05) is 7.11 Å². The van der Waals surface area contributed by atoms with Crippen LogP contribution in [0.5, 0.6) is 5.75 Å². The number of ether oxygens (including phenoxy) is 2. The van der Waals surface area contributed by atoms with E-state index in [1.807, 2.05) is 26.0 Å². The Morgan fingerprint density at radius 1 is 1.47 bits per heavy atom. The highest BCUT2D eigenvalue weighted by molar-refractivity contribution is 5.95. The lowest BCUT2D eigenvalue weighted by Gasteiger charge is -2.23. The van der Waals surface area contributed by atoms with E-state index in [-0.39, 0.29) is 12.1 Å². The molecule has 0 amide bonds. The molecule has 1 atom stereocenters. The number of aryl methyl sites for hydroxylation is 1. The zero-order valence-corrected chi connectivity index (χ0v) is 9.16. The Labute approximate surface area is 89.0 Å². The van der Waals surface area contributed by atoms with Crippen molar-refractivity contribution < 1.29 is 14.3 Å². The molecule has 1 heterocycles. The fourth-order valence-electron chi connectivity index (χ4n) is 1.97. The van der Waals surface area contributed by atoms with Gasteiger partial charge in [0, 0.05) is 6.42 Å². The van der Waals surface area contributed by atoms with Gasteiger partial charge in [0.25, 0.3) is 0 Å². The SMILES string of the molecule is COc1cc(C)cc2c1C(=O)OC(C)C2. The van der Waals surface area contributed by atoms with E-state index < -0.39 is 0 Å². The quantitative estimate of drug-likeness (QED) is 0.660. The molecular weight excluding hydrogens is 192 g/mol. The number of hydrogen-bond donors (Lipinski definition) is 0. The second-order valence-electron chi connectivity index (χ2n) is 3.92. The second kappa shape index (κ2) is 3.57. The zero-order chi connectivity index (χ0) is 11.0. The van der Waals surface area contributed by atoms with Gasteiger partial charge in [-0.2, -0.15) is 0 Å². The van der Waals surface area contributed by atoms with Crippen molar-refractivity contribution in [2.45, 2.75) is 26.4 Å². The fraction of sp³-hybridized carbons (Fsp3) is 0.417. The number of esters is 1. The maximum Gasteiger partial charge on any atom is 0.342 e. The van der Waals surface area contributed by atoms with Crippen molar-refractivity contribution in [2.24, 2.45) is 0 Å². The Morgan fingerprint density at radius 3 is 2.87 bits per heavy atom. The molecule has 1 aromatic rings. The van der Waals surface area contributed by atoms with Crippen molar-refractivity contribution in [3.05, 3.63) is 28.8 Å². The van der Waals surface area contributed by atoms with E-state index in [0.29, 0.717) is 11.3 Å². The molecule has 0 spiro atoms. The molecule has 1 aliphatic heterocycles. The van der Waals surface area contributed by atoms with Gasteiger partial charge in [-0.25, -0.2) is 4.79 Å². The standard InChI is InChI=1S/C12H14O3/c1-7-4-9-6-8(2)15-12(13)11(9)10(5-7)14-3/h4-5,8H,6H2,1-3H3. The minimum atomic E-state index is -0.277. The smallest absolute Gasteiger partial charge is 0.342 e. The predicted octanol–water partition coefficient (Wildman–Crippen LogP) is 2.11. The highest BCUT2D eigenvalue weighted by Gasteiger charge is 2.27. The van der Waals surface area contributed by atoms with Crippen molar-refractivity contribution in [3.63, 3.8) is 0 Å². The highest BCUT2D eigenvalue weighted by atomic mass is 16.5. The van der Waals surface area contributed by atoms with Crippen LogP contribution in [0.2, 0.25) is 0 Å². The molecule has 15 heavy (non-hydrogen) atoms. The van der Waals surface area contributed by atoms with Gasteiger partial charge in [-0.3, -0.25) is 0 Å². The third-order valence-electron chi connectivity index (χ3n) is 2.57. The molecule has 0 aromatic heterocycles. The minimum Gasteiger partial charge on any atom is -0.496 e. The van der Waals surface area contributed by atoms with Gasteiger partial charge in [0.15, 0.2) is 0 Å². The van der Waals surface area contributed by atoms with Gasteiger partial charge in [-0.05, 0) is 31.0 Å². The van der Waals surface area contributed by atoms with Crippen LogP contribution in [0.25, 0.3) is 0 Å². The summed E-state index contributed by atoms with van der Waals surface area (Å²) < 4.78 is 10.4. The lowest BCUT2D eigenvalue weighted by molar-refractivity contribution is 0.0297. The van der Waals surface area contributed by atoms with E-state index in [2.05, 4.69) is 0 Å². The lowest BCUT2D eigenvalue weighted by atomic mass is 9.96. The van der Waals surface area contributed by atoms with E-state index in [9.17, 15) is 4.79 Å². The monoisotopic (exact) mass is 206 g/mol. The van der Waals surface area contributed by atoms with Crippen LogP contribution < -0.4 is 4.74 Å². The van der Waals surface area contributed by atoms with E-state index in [0.717, 1.165) is 17.5 Å². The third kappa shape index (κ3) is 1.69. The van der Waals surface area contributed by atoms with Gasteiger partial charge < -0.3 is 9.47 Å². The summed E-state index contributed by atoms with van der Waals surface area (Å²) in [7, 11) is 1.57. The van der Waals surface area contributed by atoms with Crippen LogP contribution in [0.3, 0.4) is 0 Å². The Morgan fingerprint density at radius 2 is 2.20 bits per heavy atom. The number of rotatable bonds is 1. The summed E-state index contributed by atoms with van der Waals surface area (Å²) in [4.78, 5) is 11.7. The first-order valence-electron chi connectivity index (χ1n) is 5.00. The summed E-state index contributed by atoms with van der Waals surface area (Å²) in [6, 6.07) is 3.88. The van der Waals surface area contributed by atoms with Gasteiger partial charge in [0.1, 0.15) is 17.4 Å². The van der Waals surface area contributed by atoms with Crippen LogP contribution in [-0.4, -0.2) is 19.2 Å². The number of carbonyl (C=O) groups is 1. The Hall–Kier alpha value is -1.51. The molecule has 1 unspecified atom stereocenters. The first kappa shape index (κ1) is 10.0. The summed E-state index contributed by atoms with van der Waals surface area (Å²) in [5, 5.41) is 0. The van der Waals surface area contributed by atoms with E-state index >= 15 is 0 Å². The molecule has 0 saturated carbocycles. The van der Waals surface area contributed by atoms with Crippen molar-refractivity contribution in [1.82, 2.24) is 0 Å². The molecule has 1 aliphatic rings. The summed E-state index contributed by atoms with van der Waals surface area (Å²) in [6.45, 7) is 3.89. The first-order valence-corrected chi connectivity index (χ1v) is 5.00. The molecular formula is C12H14O3. The van der Waals surface area contributed by atoms with Crippen LogP contribution >= 0.6 is 0 Å². The Kier molecular flexibility index (Phi) is 2.39. The number of fused-ring (bicyclic) bond motifs is 1. The van der Waals surface area contributed by atoms with Gasteiger partial charge >= 0.3 is 5.97 Å². The second-order valence-corrected chi connectivity index (χ2v) is 3.92. The molecule has 80 valence electrons. The van der Waals surface area contributed by atoms with Crippen LogP contribution in [0.15, 0.2) is 12.1 Å². The van der Waals surface area contributed by atoms with Crippen molar-refractivity contribution in [3.8, 4) is 5.75 Å². The summed E-state index contributed by atoms with van der Waals surface area (Å²) in [5.41, 5.74) is 2.71. The molecule has 0 N–H and O–H groups in total. The van der Waals surface area contributed by atoms with E-state index in [1.165, 1.54) is 0 Å². The number of methoxy groups -OCH3 is 1. The number of hydrogen-bond acceptors (Lipinski definition) is 3. The normalized spacial score (nSPS) is 19.4. The van der Waals surface area contributed by atoms with Crippen LogP contribution in [0.4, 0.5) is 0 Å². The molecule has 0 bridgehead atoms. The average Bonchev–Trinajstić information content (AvgIpc) is 2.14. The fourth-order valence-corrected chi connectivity index (χ4v) is 1.97. The molecule has 0 fully saturated rings. The average molecular weight is 206 g/mol. The van der Waals surface area contributed by atoms with Gasteiger partial charge in [0.2, 0.25) is 0 Å². The summed E-state index contributed by atoms with van der Waals surface area (Å²) >= 11 is 0. The topological polar surface area (TPSA) is 35.5 Å². The van der Waals surface area contributed by atoms with Crippen molar-refractivity contribution >= 4 is 5.97 Å². The zero-order valence-electron chi connectivity index (χ0n) is 9.16. The van der Waals surface area contributed by atoms with Crippen LogP contribution in [0.1, 0.15) is 28.4 Å². The lowest BCUT2D eigenvalue weighted by Crippen LogP contribution is -2.25. The number of carbonyl (C=O) groups excluding carboxylic acids is 1. The molecule has 3 nitrogen and oxygen atoms in total. The molecule has 2 rings (SSSR count). The Balaban J connectivity index is 2.58. The van der Waals surface area contributed by atoms with Gasteiger partial charge in [0.05, 0.1) is 7.11 Å². The van der Waals surface area contributed by atoms with E-state index in [1.54, 1.807) is 7.11 Å². The van der Waals surface area contributed by atoms with Crippen molar-refractivity contribution in [1.29, 1.82) is 0 Å². The molecule has 0 radical (unpaired) electrons. The molecule has 1 aromatic carbocycles. The molecule has 3 heteroatoms. The van der Waals surface area contributed by atoms with Gasteiger partial charge in [-0.1, -0.05) is 6.07 Å². The summed E-state index contributed by atoms with van der Waals surface area (Å²) in [6.07, 6.45) is 0.718. The van der Waals surface area contributed by atoms with Gasteiger partial charge in [-0.15, -0.1) is 0 Å². The maximum absolute atomic E-state index is 11.7. The highest BCUT2D eigenvalue weighted by Crippen LogP contribution is 2.30. The van der Waals surface area contributed by atoms with Crippen LogP contribution in [-0.2, 0) is 11.2 Å². The number of benzene rings is 1. The Bertz CT molecular complexity index is 410. The molecule has 0 aliphatic carbocycles. The largest absolute Gasteiger partial charge is 0.496 e. The number of cyclic esters (lactones) is 1. The first-order chi connectivity index (χ1) is 7.11. The van der Waals surface area contributed by atoms with E-state index in [4.69, 9.17) is 9.47 Å². The van der Waals surface area contributed by atoms with Crippen LogP contribution in [0, 0.1) is 6.92 Å². The summed E-state index contributed by atoms with van der Waals surface area (Å²) in [5.74, 6) is 0.336. The maximum atomic E-state index is 11.7. The predicted molar refractivity (Wildman–Crippen MR) is 56.3 cm³/mol.